The minimum absolute atomic E-state index is 0. The van der Waals surface area contributed by atoms with Gasteiger partial charge >= 0.3 is 0 Å². The summed E-state index contributed by atoms with van der Waals surface area (Å²) < 4.78 is 5.88. The Bertz CT molecular complexity index is 605. The third-order valence-electron chi connectivity index (χ3n) is 5.52. The van der Waals surface area contributed by atoms with Crippen LogP contribution in [-0.2, 0) is 11.2 Å². The lowest BCUT2D eigenvalue weighted by Gasteiger charge is -2.54. The highest BCUT2D eigenvalue weighted by Gasteiger charge is 2.59. The van der Waals surface area contributed by atoms with Gasteiger partial charge in [0.25, 0.3) is 0 Å². The summed E-state index contributed by atoms with van der Waals surface area (Å²) in [4.78, 5) is 8.93. The molecule has 1 aliphatic heterocycles. The van der Waals surface area contributed by atoms with Crippen LogP contribution in [0.2, 0.25) is 0 Å². The van der Waals surface area contributed by atoms with Crippen LogP contribution in [-0.4, -0.2) is 42.8 Å². The van der Waals surface area contributed by atoms with Crippen molar-refractivity contribution >= 4 is 29.9 Å². The number of guanidine groups is 1. The first-order valence-electron chi connectivity index (χ1n) is 9.10. The summed E-state index contributed by atoms with van der Waals surface area (Å²) >= 11 is 0. The molecular formula is C19H31IN4O. The van der Waals surface area contributed by atoms with Crippen LogP contribution >= 0.6 is 24.0 Å². The van der Waals surface area contributed by atoms with Crippen molar-refractivity contribution in [3.05, 3.63) is 29.6 Å². The smallest absolute Gasteiger partial charge is 0.191 e. The van der Waals surface area contributed by atoms with E-state index >= 15 is 0 Å². The molecule has 3 rings (SSSR count). The monoisotopic (exact) mass is 458 g/mol. The van der Waals surface area contributed by atoms with Crippen LogP contribution in [0.25, 0.3) is 0 Å². The van der Waals surface area contributed by atoms with E-state index in [4.69, 9.17) is 9.73 Å². The number of rotatable bonds is 5. The number of aliphatic imine (C=N–C) groups is 1. The Morgan fingerprint density at radius 3 is 2.96 bits per heavy atom. The number of nitrogens with one attached hydrogen (secondary N) is 2. The lowest BCUT2D eigenvalue weighted by molar-refractivity contribution is -0.106. The Balaban J connectivity index is 0.00000225. The molecule has 1 aromatic heterocycles. The minimum Gasteiger partial charge on any atom is -0.377 e. The molecule has 6 heteroatoms. The highest BCUT2D eigenvalue weighted by atomic mass is 127. The van der Waals surface area contributed by atoms with Crippen molar-refractivity contribution in [3.63, 3.8) is 0 Å². The van der Waals surface area contributed by atoms with Gasteiger partial charge < -0.3 is 15.4 Å². The van der Waals surface area contributed by atoms with Gasteiger partial charge in [-0.15, -0.1) is 24.0 Å². The molecule has 0 bridgehead atoms. The van der Waals surface area contributed by atoms with E-state index in [0.717, 1.165) is 38.5 Å². The van der Waals surface area contributed by atoms with E-state index in [2.05, 4.69) is 49.4 Å². The van der Waals surface area contributed by atoms with E-state index in [1.54, 1.807) is 0 Å². The predicted molar refractivity (Wildman–Crippen MR) is 113 cm³/mol. The van der Waals surface area contributed by atoms with Crippen LogP contribution in [0.15, 0.2) is 23.5 Å². The Hall–Kier alpha value is -0.890. The Morgan fingerprint density at radius 2 is 2.24 bits per heavy atom. The van der Waals surface area contributed by atoms with E-state index in [1.807, 2.05) is 12.4 Å². The van der Waals surface area contributed by atoms with Crippen molar-refractivity contribution in [2.24, 2.45) is 16.3 Å². The molecule has 1 saturated heterocycles. The molecule has 25 heavy (non-hydrogen) atoms. The lowest BCUT2D eigenvalue weighted by atomic mass is 9.57. The van der Waals surface area contributed by atoms with Gasteiger partial charge in [0.15, 0.2) is 5.96 Å². The van der Waals surface area contributed by atoms with Gasteiger partial charge in [-0.1, -0.05) is 13.8 Å². The fraction of sp³-hybridized carbons (Fsp3) is 0.684. The fourth-order valence-corrected chi connectivity index (χ4v) is 4.16. The van der Waals surface area contributed by atoms with Crippen molar-refractivity contribution in [1.29, 1.82) is 0 Å². The van der Waals surface area contributed by atoms with Gasteiger partial charge in [0.2, 0.25) is 0 Å². The van der Waals surface area contributed by atoms with Crippen molar-refractivity contribution in [2.45, 2.75) is 52.7 Å². The molecule has 5 nitrogen and oxygen atoms in total. The Labute approximate surface area is 168 Å². The average molecular weight is 458 g/mol. The average Bonchev–Trinajstić information content (AvgIpc) is 3.01. The normalized spacial score (nSPS) is 27.0. The third-order valence-corrected chi connectivity index (χ3v) is 5.52. The maximum Gasteiger partial charge on any atom is 0.191 e. The topological polar surface area (TPSA) is 58.5 Å². The second-order valence-corrected chi connectivity index (χ2v) is 7.50. The van der Waals surface area contributed by atoms with Gasteiger partial charge in [-0.3, -0.25) is 9.98 Å². The van der Waals surface area contributed by atoms with Gasteiger partial charge in [0.05, 0.1) is 6.10 Å². The molecular weight excluding hydrogens is 427 g/mol. The molecule has 3 unspecified atom stereocenters. The lowest BCUT2D eigenvalue weighted by Crippen LogP contribution is -2.68. The van der Waals surface area contributed by atoms with Gasteiger partial charge in [0, 0.05) is 49.5 Å². The van der Waals surface area contributed by atoms with Crippen molar-refractivity contribution in [3.8, 4) is 0 Å². The van der Waals surface area contributed by atoms with E-state index < -0.39 is 0 Å². The molecule has 3 atom stereocenters. The summed E-state index contributed by atoms with van der Waals surface area (Å²) in [6.45, 7) is 11.3. The molecule has 0 aromatic carbocycles. The summed E-state index contributed by atoms with van der Waals surface area (Å²) in [6.07, 6.45) is 6.26. The first-order valence-corrected chi connectivity index (χ1v) is 9.10. The summed E-state index contributed by atoms with van der Waals surface area (Å²) in [7, 11) is 0. The van der Waals surface area contributed by atoms with E-state index in [1.165, 1.54) is 11.1 Å². The maximum absolute atomic E-state index is 5.88. The third kappa shape index (κ3) is 4.27. The zero-order chi connectivity index (χ0) is 17.2. The molecule has 1 saturated carbocycles. The number of hydrogen-bond donors (Lipinski definition) is 2. The molecule has 1 aromatic rings. The molecule has 0 spiro atoms. The standard InChI is InChI=1S/C19H30N4O.HI/c1-5-21-18(22-10-7-14-6-9-20-12-13(14)2)23-16-15-8-11-24-17(15)19(16,3)4;/h6,9,12,15-17H,5,7-8,10-11H2,1-4H3,(H2,21,22,23);1H. The quantitative estimate of drug-likeness (QED) is 0.405. The number of fused-ring (bicyclic) bond motifs is 1. The Kier molecular flexibility index (Phi) is 7.08. The van der Waals surface area contributed by atoms with Gasteiger partial charge in [-0.2, -0.15) is 0 Å². The number of pyridine rings is 1. The highest BCUT2D eigenvalue weighted by molar-refractivity contribution is 14.0. The molecule has 140 valence electrons. The SMILES string of the molecule is CCNC(=NCCc1ccncc1C)NC1C2CCOC2C1(C)C.I. The summed E-state index contributed by atoms with van der Waals surface area (Å²) in [6, 6.07) is 2.52. The minimum atomic E-state index is 0. The van der Waals surface area contributed by atoms with Crippen LogP contribution in [0.4, 0.5) is 0 Å². The summed E-state index contributed by atoms with van der Waals surface area (Å²) in [5.74, 6) is 1.54. The van der Waals surface area contributed by atoms with Crippen LogP contribution in [0.5, 0.6) is 0 Å². The van der Waals surface area contributed by atoms with Crippen LogP contribution < -0.4 is 10.6 Å². The Morgan fingerprint density at radius 1 is 1.44 bits per heavy atom. The molecule has 2 aliphatic rings. The zero-order valence-corrected chi connectivity index (χ0v) is 18.0. The number of aromatic nitrogens is 1. The second kappa shape index (κ2) is 8.66. The van der Waals surface area contributed by atoms with Crippen LogP contribution in [0.1, 0.15) is 38.3 Å². The predicted octanol–water partition coefficient (Wildman–Crippen LogP) is 2.92. The fourth-order valence-electron chi connectivity index (χ4n) is 4.16. The number of hydrogen-bond acceptors (Lipinski definition) is 3. The van der Waals surface area contributed by atoms with Crippen LogP contribution in [0, 0.1) is 18.3 Å². The number of halogens is 1. The number of nitrogens with zero attached hydrogens (tertiary/aromatic N) is 2. The van der Waals surface area contributed by atoms with E-state index in [0.29, 0.717) is 18.1 Å². The first-order chi connectivity index (χ1) is 11.5. The van der Waals surface area contributed by atoms with Gasteiger partial charge in [-0.25, -0.2) is 0 Å². The molecule has 2 N–H and O–H groups in total. The molecule has 0 radical (unpaired) electrons. The molecule has 0 amide bonds. The van der Waals surface area contributed by atoms with Crippen molar-refractivity contribution in [1.82, 2.24) is 15.6 Å². The van der Waals surface area contributed by atoms with Crippen LogP contribution in [0.3, 0.4) is 0 Å². The summed E-state index contributed by atoms with van der Waals surface area (Å²) in [5.41, 5.74) is 2.72. The molecule has 2 heterocycles. The zero-order valence-electron chi connectivity index (χ0n) is 15.7. The highest BCUT2D eigenvalue weighted by Crippen LogP contribution is 2.52. The van der Waals surface area contributed by atoms with E-state index in [-0.39, 0.29) is 29.4 Å². The number of aryl methyl sites for hydroxylation is 1. The largest absolute Gasteiger partial charge is 0.377 e. The molecule has 2 fully saturated rings. The number of ether oxygens (including phenoxy) is 1. The summed E-state index contributed by atoms with van der Waals surface area (Å²) in [5, 5.41) is 7.05. The molecule has 1 aliphatic carbocycles. The van der Waals surface area contributed by atoms with Crippen molar-refractivity contribution in [2.75, 3.05) is 19.7 Å². The second-order valence-electron chi connectivity index (χ2n) is 7.50. The van der Waals surface area contributed by atoms with Gasteiger partial charge in [-0.05, 0) is 43.9 Å². The maximum atomic E-state index is 5.88. The van der Waals surface area contributed by atoms with Gasteiger partial charge in [0.1, 0.15) is 0 Å². The first kappa shape index (κ1) is 20.4. The van der Waals surface area contributed by atoms with E-state index in [9.17, 15) is 0 Å². The van der Waals surface area contributed by atoms with Crippen molar-refractivity contribution < 1.29 is 4.74 Å².